The molecule has 0 spiro atoms. The molecule has 2 aromatic rings. The summed E-state index contributed by atoms with van der Waals surface area (Å²) in [6.07, 6.45) is -0.440. The van der Waals surface area contributed by atoms with Gasteiger partial charge in [0, 0.05) is 11.8 Å². The van der Waals surface area contributed by atoms with E-state index in [4.69, 9.17) is 0 Å². The first-order valence-electron chi connectivity index (χ1n) is 5.66. The summed E-state index contributed by atoms with van der Waals surface area (Å²) in [6, 6.07) is 7.73. The van der Waals surface area contributed by atoms with Crippen molar-refractivity contribution in [1.82, 2.24) is 9.78 Å². The van der Waals surface area contributed by atoms with Gasteiger partial charge in [-0.15, -0.1) is 0 Å². The summed E-state index contributed by atoms with van der Waals surface area (Å²) in [6.45, 7) is 0.996. The number of hydrogen-bond acceptors (Lipinski definition) is 1. The lowest BCUT2D eigenvalue weighted by Gasteiger charge is -2.05. The Morgan fingerprint density at radius 1 is 1.11 bits per heavy atom. The second-order valence-electron chi connectivity index (χ2n) is 4.09. The van der Waals surface area contributed by atoms with E-state index in [2.05, 4.69) is 12.0 Å². The smallest absolute Gasteiger partial charge is 0.263 e. The molecule has 0 unspecified atom stereocenters. The van der Waals surface area contributed by atoms with Crippen LogP contribution < -0.4 is 0 Å². The molecule has 5 heteroatoms. The van der Waals surface area contributed by atoms with Crippen molar-refractivity contribution in [2.24, 2.45) is 0 Å². The van der Waals surface area contributed by atoms with Crippen LogP contribution in [-0.4, -0.2) is 16.0 Å². The third-order valence-electron chi connectivity index (χ3n) is 2.67. The highest BCUT2D eigenvalue weighted by Gasteiger charge is 2.28. The van der Waals surface area contributed by atoms with Gasteiger partial charge in [0.25, 0.3) is 0 Å². The maximum atomic E-state index is 12.2. The standard InChI is InChI=1S/C13H13F3N2/c1-2-10-3-5-11(6-4-10)12-7-17-18(8-12)9-13(14,15)16/h3-8H,2,9H2,1H3. The number of benzene rings is 1. The van der Waals surface area contributed by atoms with Crippen LogP contribution in [0.25, 0.3) is 11.1 Å². The van der Waals surface area contributed by atoms with Crippen LogP contribution in [0, 0.1) is 0 Å². The minimum atomic E-state index is -4.24. The van der Waals surface area contributed by atoms with Crippen molar-refractivity contribution >= 4 is 0 Å². The van der Waals surface area contributed by atoms with E-state index in [0.717, 1.165) is 16.7 Å². The van der Waals surface area contributed by atoms with Crippen LogP contribution in [-0.2, 0) is 13.0 Å². The summed E-state index contributed by atoms with van der Waals surface area (Å²) < 4.78 is 37.5. The number of aryl methyl sites for hydroxylation is 1. The first kappa shape index (κ1) is 12.7. The molecule has 0 bridgehead atoms. The normalized spacial score (nSPS) is 11.8. The second kappa shape index (κ2) is 4.84. The van der Waals surface area contributed by atoms with E-state index in [0.29, 0.717) is 5.56 Å². The van der Waals surface area contributed by atoms with E-state index in [1.54, 1.807) is 0 Å². The van der Waals surface area contributed by atoms with Gasteiger partial charge in [-0.1, -0.05) is 31.2 Å². The Kier molecular flexibility index (Phi) is 3.41. The van der Waals surface area contributed by atoms with Gasteiger partial charge >= 0.3 is 6.18 Å². The highest BCUT2D eigenvalue weighted by molar-refractivity contribution is 5.61. The number of rotatable bonds is 3. The van der Waals surface area contributed by atoms with Crippen molar-refractivity contribution in [3.63, 3.8) is 0 Å². The molecule has 0 fully saturated rings. The van der Waals surface area contributed by atoms with Gasteiger partial charge in [-0.2, -0.15) is 18.3 Å². The Balaban J connectivity index is 2.18. The van der Waals surface area contributed by atoms with E-state index in [9.17, 15) is 13.2 Å². The molecule has 0 saturated heterocycles. The molecule has 0 N–H and O–H groups in total. The Bertz CT molecular complexity index is 512. The largest absolute Gasteiger partial charge is 0.408 e. The number of halogens is 3. The molecule has 0 aliphatic carbocycles. The zero-order valence-electron chi connectivity index (χ0n) is 9.91. The Labute approximate surface area is 103 Å². The number of nitrogens with zero attached hydrogens (tertiary/aromatic N) is 2. The summed E-state index contributed by atoms with van der Waals surface area (Å²) in [5.74, 6) is 0. The van der Waals surface area contributed by atoms with Gasteiger partial charge in [-0.3, -0.25) is 4.68 Å². The Hall–Kier alpha value is -1.78. The fourth-order valence-electron chi connectivity index (χ4n) is 1.72. The first-order chi connectivity index (χ1) is 8.48. The SMILES string of the molecule is CCc1ccc(-c2cnn(CC(F)(F)F)c2)cc1. The molecule has 2 rings (SSSR count). The van der Waals surface area contributed by atoms with E-state index in [1.165, 1.54) is 18.0 Å². The molecule has 1 heterocycles. The minimum Gasteiger partial charge on any atom is -0.263 e. The quantitative estimate of drug-likeness (QED) is 0.817. The van der Waals surface area contributed by atoms with Gasteiger partial charge in [-0.05, 0) is 17.5 Å². The average molecular weight is 254 g/mol. The van der Waals surface area contributed by atoms with Gasteiger partial charge in [0.15, 0.2) is 0 Å². The predicted octanol–water partition coefficient (Wildman–Crippen LogP) is 3.67. The Morgan fingerprint density at radius 2 is 1.78 bits per heavy atom. The van der Waals surface area contributed by atoms with Crippen molar-refractivity contribution in [3.05, 3.63) is 42.2 Å². The Morgan fingerprint density at radius 3 is 2.33 bits per heavy atom. The lowest BCUT2D eigenvalue weighted by molar-refractivity contribution is -0.142. The van der Waals surface area contributed by atoms with Crippen LogP contribution in [0.3, 0.4) is 0 Å². The fraction of sp³-hybridized carbons (Fsp3) is 0.308. The molecule has 1 aromatic carbocycles. The third-order valence-corrected chi connectivity index (χ3v) is 2.67. The highest BCUT2D eigenvalue weighted by Crippen LogP contribution is 2.22. The molecule has 2 nitrogen and oxygen atoms in total. The average Bonchev–Trinajstić information content (AvgIpc) is 2.75. The molecule has 0 aliphatic rings. The van der Waals surface area contributed by atoms with Gasteiger partial charge < -0.3 is 0 Å². The second-order valence-corrected chi connectivity index (χ2v) is 4.09. The molecule has 0 saturated carbocycles. The van der Waals surface area contributed by atoms with Gasteiger partial charge in [0.1, 0.15) is 6.54 Å². The maximum absolute atomic E-state index is 12.2. The van der Waals surface area contributed by atoms with Crippen LogP contribution in [0.2, 0.25) is 0 Å². The van der Waals surface area contributed by atoms with Gasteiger partial charge in [0.05, 0.1) is 6.20 Å². The molecule has 0 radical (unpaired) electrons. The third kappa shape index (κ3) is 3.12. The van der Waals surface area contributed by atoms with Crippen LogP contribution >= 0.6 is 0 Å². The van der Waals surface area contributed by atoms with Crippen molar-refractivity contribution in [1.29, 1.82) is 0 Å². The van der Waals surface area contributed by atoms with E-state index >= 15 is 0 Å². The molecule has 0 atom stereocenters. The van der Waals surface area contributed by atoms with Crippen molar-refractivity contribution in [2.75, 3.05) is 0 Å². The van der Waals surface area contributed by atoms with Gasteiger partial charge in [0.2, 0.25) is 0 Å². The summed E-state index contributed by atoms with van der Waals surface area (Å²) in [5.41, 5.74) is 2.77. The fourth-order valence-corrected chi connectivity index (χ4v) is 1.72. The van der Waals surface area contributed by atoms with Crippen LogP contribution in [0.4, 0.5) is 13.2 Å². The molecular weight excluding hydrogens is 241 g/mol. The highest BCUT2D eigenvalue weighted by atomic mass is 19.4. The molecule has 0 amide bonds. The van der Waals surface area contributed by atoms with Crippen molar-refractivity contribution in [2.45, 2.75) is 26.1 Å². The summed E-state index contributed by atoms with van der Waals surface area (Å²) >= 11 is 0. The van der Waals surface area contributed by atoms with E-state index in [-0.39, 0.29) is 0 Å². The molecule has 1 aromatic heterocycles. The van der Waals surface area contributed by atoms with Gasteiger partial charge in [-0.25, -0.2) is 0 Å². The maximum Gasteiger partial charge on any atom is 0.408 e. The van der Waals surface area contributed by atoms with Crippen molar-refractivity contribution < 1.29 is 13.2 Å². The van der Waals surface area contributed by atoms with E-state index < -0.39 is 12.7 Å². The number of aromatic nitrogens is 2. The molecule has 18 heavy (non-hydrogen) atoms. The zero-order valence-corrected chi connectivity index (χ0v) is 9.91. The summed E-state index contributed by atoms with van der Waals surface area (Å²) in [4.78, 5) is 0. The molecule has 96 valence electrons. The predicted molar refractivity (Wildman–Crippen MR) is 63.1 cm³/mol. The summed E-state index contributed by atoms with van der Waals surface area (Å²) in [5, 5.41) is 3.72. The number of alkyl halides is 3. The summed E-state index contributed by atoms with van der Waals surface area (Å²) in [7, 11) is 0. The van der Waals surface area contributed by atoms with Crippen molar-refractivity contribution in [3.8, 4) is 11.1 Å². The topological polar surface area (TPSA) is 17.8 Å². The lowest BCUT2D eigenvalue weighted by atomic mass is 10.1. The van der Waals surface area contributed by atoms with Crippen LogP contribution in [0.1, 0.15) is 12.5 Å². The first-order valence-corrected chi connectivity index (χ1v) is 5.66. The van der Waals surface area contributed by atoms with E-state index in [1.807, 2.05) is 24.3 Å². The monoisotopic (exact) mass is 254 g/mol. The van der Waals surface area contributed by atoms with Crippen LogP contribution in [0.15, 0.2) is 36.7 Å². The van der Waals surface area contributed by atoms with Crippen LogP contribution in [0.5, 0.6) is 0 Å². The molecule has 0 aliphatic heterocycles. The molecular formula is C13H13F3N2. The number of hydrogen-bond donors (Lipinski definition) is 0. The lowest BCUT2D eigenvalue weighted by Crippen LogP contribution is -2.17. The minimum absolute atomic E-state index is 0.696. The zero-order chi connectivity index (χ0) is 13.2.